The highest BCUT2D eigenvalue weighted by Crippen LogP contribution is 2.35. The van der Waals surface area contributed by atoms with Crippen molar-refractivity contribution in [2.75, 3.05) is 0 Å². The molecule has 0 saturated carbocycles. The minimum atomic E-state index is 0.265. The molecule has 2 aromatic heterocycles. The van der Waals surface area contributed by atoms with E-state index in [0.29, 0.717) is 18.6 Å². The normalized spacial score (nSPS) is 12.4. The van der Waals surface area contributed by atoms with Gasteiger partial charge in [-0.15, -0.1) is 6.58 Å². The number of Topliss-reactive ketones (excluding diaryl/α,β-unsaturated/α-hetero) is 1. The van der Waals surface area contributed by atoms with Gasteiger partial charge in [-0.2, -0.15) is 11.3 Å². The fourth-order valence-corrected chi connectivity index (χ4v) is 3.85. The summed E-state index contributed by atoms with van der Waals surface area (Å²) >= 11 is 1.71. The van der Waals surface area contributed by atoms with Crippen molar-refractivity contribution in [2.24, 2.45) is 0 Å². The van der Waals surface area contributed by atoms with Gasteiger partial charge in [0.25, 0.3) is 0 Å². The summed E-state index contributed by atoms with van der Waals surface area (Å²) in [6.45, 7) is 5.86. The summed E-state index contributed by atoms with van der Waals surface area (Å²) in [6, 6.07) is 10.5. The first-order chi connectivity index (χ1) is 11.6. The number of para-hydroxylation sites is 1. The summed E-state index contributed by atoms with van der Waals surface area (Å²) < 4.78 is 0. The van der Waals surface area contributed by atoms with Crippen LogP contribution < -0.4 is 0 Å². The van der Waals surface area contributed by atoms with Gasteiger partial charge in [-0.1, -0.05) is 23.8 Å². The lowest BCUT2D eigenvalue weighted by Crippen LogP contribution is -2.05. The molecule has 0 aliphatic rings. The molecule has 1 N–H and O–H groups in total. The first-order valence-electron chi connectivity index (χ1n) is 8.39. The van der Waals surface area contributed by atoms with E-state index in [1.54, 1.807) is 11.3 Å². The molecule has 0 aliphatic carbocycles. The number of nitrogens with one attached hydrogen (secondary N) is 1. The number of hydrogen-bond donors (Lipinski definition) is 1. The number of H-pyrrole nitrogens is 1. The molecule has 3 rings (SSSR count). The molecule has 0 fully saturated rings. The van der Waals surface area contributed by atoms with Crippen molar-refractivity contribution in [3.05, 3.63) is 70.6 Å². The van der Waals surface area contributed by atoms with Gasteiger partial charge in [-0.25, -0.2) is 0 Å². The molecule has 0 spiro atoms. The van der Waals surface area contributed by atoms with Crippen LogP contribution in [0.15, 0.2) is 59.4 Å². The summed E-state index contributed by atoms with van der Waals surface area (Å²) in [6.07, 6.45) is 4.99. The Morgan fingerprint density at radius 3 is 2.79 bits per heavy atom. The number of rotatable bonds is 8. The van der Waals surface area contributed by atoms with Gasteiger partial charge in [0.05, 0.1) is 0 Å². The number of thiophene rings is 1. The third kappa shape index (κ3) is 3.85. The molecule has 1 atom stereocenters. The zero-order chi connectivity index (χ0) is 16.9. The first-order valence-corrected chi connectivity index (χ1v) is 9.33. The van der Waals surface area contributed by atoms with Gasteiger partial charge >= 0.3 is 0 Å². The number of aromatic nitrogens is 1. The largest absolute Gasteiger partial charge is 0.361 e. The summed E-state index contributed by atoms with van der Waals surface area (Å²) in [7, 11) is 0. The fourth-order valence-electron chi connectivity index (χ4n) is 3.14. The predicted molar refractivity (Wildman–Crippen MR) is 103 cm³/mol. The Hall–Kier alpha value is -2.13. The monoisotopic (exact) mass is 337 g/mol. The molecule has 3 aromatic rings. The fraction of sp³-hybridized carbons (Fsp3) is 0.286. The zero-order valence-corrected chi connectivity index (χ0v) is 14.9. The molecule has 0 amide bonds. The van der Waals surface area contributed by atoms with Crippen molar-refractivity contribution in [1.82, 2.24) is 4.98 Å². The second-order valence-corrected chi connectivity index (χ2v) is 7.21. The number of carbonyl (C=O) groups excluding carboxylic acids is 1. The Labute approximate surface area is 147 Å². The molecule has 124 valence electrons. The van der Waals surface area contributed by atoms with E-state index in [1.165, 1.54) is 16.5 Å². The highest BCUT2D eigenvalue weighted by atomic mass is 32.1. The van der Waals surface area contributed by atoms with Crippen molar-refractivity contribution in [1.29, 1.82) is 0 Å². The lowest BCUT2D eigenvalue weighted by atomic mass is 9.87. The van der Waals surface area contributed by atoms with E-state index in [0.717, 1.165) is 23.9 Å². The van der Waals surface area contributed by atoms with Crippen molar-refractivity contribution in [3.63, 3.8) is 0 Å². The van der Waals surface area contributed by atoms with Gasteiger partial charge < -0.3 is 4.98 Å². The average molecular weight is 337 g/mol. The van der Waals surface area contributed by atoms with Crippen LogP contribution in [0.2, 0.25) is 0 Å². The zero-order valence-electron chi connectivity index (χ0n) is 14.0. The second kappa shape index (κ2) is 7.63. The number of benzene rings is 1. The van der Waals surface area contributed by atoms with E-state index in [9.17, 15) is 4.79 Å². The Balaban J connectivity index is 1.80. The molecule has 24 heavy (non-hydrogen) atoms. The number of ketones is 1. The number of carbonyl (C=O) groups is 1. The minimum Gasteiger partial charge on any atom is -0.361 e. The lowest BCUT2D eigenvalue weighted by Gasteiger charge is -2.15. The first kappa shape index (κ1) is 16.7. The van der Waals surface area contributed by atoms with Crippen LogP contribution >= 0.6 is 11.3 Å². The molecule has 1 unspecified atom stereocenters. The Morgan fingerprint density at radius 1 is 1.21 bits per heavy atom. The van der Waals surface area contributed by atoms with E-state index in [4.69, 9.17) is 0 Å². The maximum Gasteiger partial charge on any atom is 0.133 e. The van der Waals surface area contributed by atoms with Crippen molar-refractivity contribution < 1.29 is 4.79 Å². The minimum absolute atomic E-state index is 0.265. The molecule has 0 radical (unpaired) electrons. The maximum absolute atomic E-state index is 12.2. The van der Waals surface area contributed by atoms with E-state index in [2.05, 4.69) is 52.8 Å². The summed E-state index contributed by atoms with van der Waals surface area (Å²) in [5, 5.41) is 5.56. The predicted octanol–water partition coefficient (Wildman–Crippen LogP) is 6.07. The van der Waals surface area contributed by atoms with Gasteiger partial charge in [-0.05, 0) is 53.8 Å². The third-order valence-corrected chi connectivity index (χ3v) is 5.19. The van der Waals surface area contributed by atoms with Crippen LogP contribution in [0.4, 0.5) is 0 Å². The van der Waals surface area contributed by atoms with Crippen LogP contribution in [0.1, 0.15) is 49.7 Å². The second-order valence-electron chi connectivity index (χ2n) is 6.43. The standard InChI is InChI=1S/C21H23NOS/c1-15(2)7-8-17(23)9-10-18(16-11-12-24-14-16)20-13-22-21-6-4-3-5-19(20)21/h3-6,11-14,18,22H,1,7-10H2,2H3. The smallest absolute Gasteiger partial charge is 0.133 e. The van der Waals surface area contributed by atoms with Crippen molar-refractivity contribution in [3.8, 4) is 0 Å². The summed E-state index contributed by atoms with van der Waals surface area (Å²) in [5.41, 5.74) is 4.82. The summed E-state index contributed by atoms with van der Waals surface area (Å²) in [5.74, 6) is 0.597. The van der Waals surface area contributed by atoms with Crippen LogP contribution in [-0.2, 0) is 4.79 Å². The topological polar surface area (TPSA) is 32.9 Å². The van der Waals surface area contributed by atoms with Crippen LogP contribution in [0, 0.1) is 0 Å². The van der Waals surface area contributed by atoms with Gasteiger partial charge in [-0.3, -0.25) is 4.79 Å². The van der Waals surface area contributed by atoms with Crippen molar-refractivity contribution >= 4 is 28.0 Å². The van der Waals surface area contributed by atoms with E-state index >= 15 is 0 Å². The molecule has 2 nitrogen and oxygen atoms in total. The van der Waals surface area contributed by atoms with E-state index in [1.807, 2.05) is 13.0 Å². The Bertz CT molecular complexity index is 829. The molecule has 3 heteroatoms. The third-order valence-electron chi connectivity index (χ3n) is 4.48. The summed E-state index contributed by atoms with van der Waals surface area (Å²) in [4.78, 5) is 15.6. The molecule has 1 aromatic carbocycles. The highest BCUT2D eigenvalue weighted by molar-refractivity contribution is 7.08. The SMILES string of the molecule is C=C(C)CCC(=O)CCC(c1ccsc1)c1c[nH]c2ccccc12. The number of allylic oxidation sites excluding steroid dienone is 1. The maximum atomic E-state index is 12.2. The number of aromatic amines is 1. The molecule has 2 heterocycles. The van der Waals surface area contributed by atoms with Gasteiger partial charge in [0.15, 0.2) is 0 Å². The quantitative estimate of drug-likeness (QED) is 0.497. The van der Waals surface area contributed by atoms with Crippen LogP contribution in [0.5, 0.6) is 0 Å². The van der Waals surface area contributed by atoms with Crippen molar-refractivity contribution in [2.45, 2.75) is 38.5 Å². The number of hydrogen-bond acceptors (Lipinski definition) is 2. The molecule has 0 saturated heterocycles. The van der Waals surface area contributed by atoms with E-state index < -0.39 is 0 Å². The van der Waals surface area contributed by atoms with Gasteiger partial charge in [0.1, 0.15) is 5.78 Å². The molecule has 0 aliphatic heterocycles. The van der Waals surface area contributed by atoms with Crippen LogP contribution in [-0.4, -0.2) is 10.8 Å². The van der Waals surface area contributed by atoms with Gasteiger partial charge in [0, 0.05) is 35.9 Å². The van der Waals surface area contributed by atoms with E-state index in [-0.39, 0.29) is 5.92 Å². The van der Waals surface area contributed by atoms with Crippen LogP contribution in [0.25, 0.3) is 10.9 Å². The lowest BCUT2D eigenvalue weighted by molar-refractivity contribution is -0.119. The highest BCUT2D eigenvalue weighted by Gasteiger charge is 2.19. The molecule has 0 bridgehead atoms. The Kier molecular flexibility index (Phi) is 5.31. The van der Waals surface area contributed by atoms with Gasteiger partial charge in [0.2, 0.25) is 0 Å². The molecular formula is C21H23NOS. The average Bonchev–Trinajstić information content (AvgIpc) is 3.24. The number of fused-ring (bicyclic) bond motifs is 1. The van der Waals surface area contributed by atoms with Crippen LogP contribution in [0.3, 0.4) is 0 Å². The Morgan fingerprint density at radius 2 is 2.04 bits per heavy atom. The molecular weight excluding hydrogens is 314 g/mol.